The Morgan fingerprint density at radius 2 is 2.16 bits per heavy atom. The first-order valence-corrected chi connectivity index (χ1v) is 5.95. The Bertz CT molecular complexity index is 562. The molecule has 5 heteroatoms. The molecule has 5 nitrogen and oxygen atoms in total. The topological polar surface area (TPSA) is 71.5 Å². The van der Waals surface area contributed by atoms with Gasteiger partial charge in [-0.25, -0.2) is 0 Å². The van der Waals surface area contributed by atoms with Gasteiger partial charge in [0.1, 0.15) is 5.76 Å². The number of nitrogens with one attached hydrogen (secondary N) is 1. The summed E-state index contributed by atoms with van der Waals surface area (Å²) >= 11 is 0. The number of benzene rings is 1. The predicted molar refractivity (Wildman–Crippen MR) is 75.1 cm³/mol. The molecule has 19 heavy (non-hydrogen) atoms. The molecule has 0 fully saturated rings. The van der Waals surface area contributed by atoms with Crippen molar-refractivity contribution in [3.05, 3.63) is 47.9 Å². The molecule has 3 N–H and O–H groups in total. The van der Waals surface area contributed by atoms with E-state index in [9.17, 15) is 4.79 Å². The summed E-state index contributed by atoms with van der Waals surface area (Å²) in [4.78, 5) is 14.1. The SMILES string of the molecule is CN(C)c1ccc(N)cc1C(=O)NCc1ccco1. The summed E-state index contributed by atoms with van der Waals surface area (Å²) in [7, 11) is 3.77. The van der Waals surface area contributed by atoms with Crippen LogP contribution < -0.4 is 16.0 Å². The summed E-state index contributed by atoms with van der Waals surface area (Å²) in [6, 6.07) is 8.88. The van der Waals surface area contributed by atoms with Gasteiger partial charge in [-0.15, -0.1) is 0 Å². The normalized spacial score (nSPS) is 10.2. The Kier molecular flexibility index (Phi) is 3.75. The van der Waals surface area contributed by atoms with E-state index in [0.29, 0.717) is 23.6 Å². The number of hydrogen-bond acceptors (Lipinski definition) is 4. The quantitative estimate of drug-likeness (QED) is 0.822. The van der Waals surface area contributed by atoms with Gasteiger partial charge in [0.25, 0.3) is 5.91 Å². The molecule has 1 aromatic carbocycles. The molecule has 1 heterocycles. The molecule has 0 aliphatic rings. The molecule has 1 aromatic heterocycles. The second kappa shape index (κ2) is 5.48. The van der Waals surface area contributed by atoms with Crippen LogP contribution in [0.4, 0.5) is 11.4 Å². The number of nitrogen functional groups attached to an aromatic ring is 1. The third-order valence-electron chi connectivity index (χ3n) is 2.75. The van der Waals surface area contributed by atoms with Gasteiger partial charge >= 0.3 is 0 Å². The number of carbonyl (C=O) groups is 1. The van der Waals surface area contributed by atoms with Crippen molar-refractivity contribution >= 4 is 17.3 Å². The largest absolute Gasteiger partial charge is 0.467 e. The van der Waals surface area contributed by atoms with Gasteiger partial charge in [0, 0.05) is 25.5 Å². The number of amides is 1. The average Bonchev–Trinajstić information content (AvgIpc) is 2.88. The van der Waals surface area contributed by atoms with Crippen molar-refractivity contribution in [2.45, 2.75) is 6.54 Å². The van der Waals surface area contributed by atoms with Crippen LogP contribution >= 0.6 is 0 Å². The molecular weight excluding hydrogens is 242 g/mol. The van der Waals surface area contributed by atoms with Gasteiger partial charge in [-0.3, -0.25) is 4.79 Å². The molecule has 0 atom stereocenters. The fourth-order valence-corrected chi connectivity index (χ4v) is 1.80. The van der Waals surface area contributed by atoms with Crippen LogP contribution in [-0.4, -0.2) is 20.0 Å². The lowest BCUT2D eigenvalue weighted by Gasteiger charge is -2.17. The van der Waals surface area contributed by atoms with Gasteiger partial charge in [0.2, 0.25) is 0 Å². The lowest BCUT2D eigenvalue weighted by atomic mass is 10.1. The van der Waals surface area contributed by atoms with Crippen molar-refractivity contribution in [3.63, 3.8) is 0 Å². The monoisotopic (exact) mass is 259 g/mol. The van der Waals surface area contributed by atoms with Crippen molar-refractivity contribution in [2.24, 2.45) is 0 Å². The zero-order valence-corrected chi connectivity index (χ0v) is 11.0. The van der Waals surface area contributed by atoms with E-state index in [1.54, 1.807) is 24.5 Å². The van der Waals surface area contributed by atoms with E-state index < -0.39 is 0 Å². The fourth-order valence-electron chi connectivity index (χ4n) is 1.80. The maximum absolute atomic E-state index is 12.2. The lowest BCUT2D eigenvalue weighted by molar-refractivity contribution is 0.0948. The number of carbonyl (C=O) groups excluding carboxylic acids is 1. The summed E-state index contributed by atoms with van der Waals surface area (Å²) < 4.78 is 5.17. The first kappa shape index (κ1) is 13.0. The van der Waals surface area contributed by atoms with Gasteiger partial charge in [0.15, 0.2) is 0 Å². The fraction of sp³-hybridized carbons (Fsp3) is 0.214. The van der Waals surface area contributed by atoms with Crippen LogP contribution in [-0.2, 0) is 6.54 Å². The Hall–Kier alpha value is -2.43. The average molecular weight is 259 g/mol. The van der Waals surface area contributed by atoms with Gasteiger partial charge < -0.3 is 20.4 Å². The van der Waals surface area contributed by atoms with Crippen LogP contribution in [0.1, 0.15) is 16.1 Å². The van der Waals surface area contributed by atoms with E-state index in [-0.39, 0.29) is 5.91 Å². The van der Waals surface area contributed by atoms with Gasteiger partial charge in [0.05, 0.1) is 18.4 Å². The number of nitrogens with zero attached hydrogens (tertiary/aromatic N) is 1. The molecule has 2 aromatic rings. The second-order valence-electron chi connectivity index (χ2n) is 4.43. The van der Waals surface area contributed by atoms with E-state index in [4.69, 9.17) is 10.2 Å². The van der Waals surface area contributed by atoms with E-state index in [1.807, 2.05) is 31.1 Å². The van der Waals surface area contributed by atoms with E-state index >= 15 is 0 Å². The molecule has 2 rings (SSSR count). The summed E-state index contributed by atoms with van der Waals surface area (Å²) in [5, 5.41) is 2.81. The summed E-state index contributed by atoms with van der Waals surface area (Å²) in [5.74, 6) is 0.538. The number of nitrogens with two attached hydrogens (primary N) is 1. The lowest BCUT2D eigenvalue weighted by Crippen LogP contribution is -2.25. The molecule has 0 spiro atoms. The van der Waals surface area contributed by atoms with Crippen LogP contribution in [0.15, 0.2) is 41.0 Å². The maximum atomic E-state index is 12.2. The van der Waals surface area contributed by atoms with Crippen LogP contribution in [0.25, 0.3) is 0 Å². The van der Waals surface area contributed by atoms with Crippen molar-refractivity contribution in [1.82, 2.24) is 5.32 Å². The minimum absolute atomic E-state index is 0.174. The van der Waals surface area contributed by atoms with Gasteiger partial charge in [-0.1, -0.05) is 0 Å². The Labute approximate surface area is 112 Å². The minimum Gasteiger partial charge on any atom is -0.467 e. The third-order valence-corrected chi connectivity index (χ3v) is 2.75. The maximum Gasteiger partial charge on any atom is 0.253 e. The van der Waals surface area contributed by atoms with Gasteiger partial charge in [-0.2, -0.15) is 0 Å². The van der Waals surface area contributed by atoms with Gasteiger partial charge in [-0.05, 0) is 30.3 Å². The Balaban J connectivity index is 2.16. The summed E-state index contributed by atoms with van der Waals surface area (Å²) in [6.45, 7) is 0.355. The Morgan fingerprint density at radius 3 is 2.79 bits per heavy atom. The smallest absolute Gasteiger partial charge is 0.253 e. The number of anilines is 2. The Morgan fingerprint density at radius 1 is 1.37 bits per heavy atom. The highest BCUT2D eigenvalue weighted by molar-refractivity contribution is 6.00. The van der Waals surface area contributed by atoms with E-state index in [0.717, 1.165) is 5.69 Å². The standard InChI is InChI=1S/C14H17N3O2/c1-17(2)13-6-5-10(15)8-12(13)14(18)16-9-11-4-3-7-19-11/h3-8H,9,15H2,1-2H3,(H,16,18). The minimum atomic E-state index is -0.174. The highest BCUT2D eigenvalue weighted by atomic mass is 16.3. The molecule has 0 aliphatic heterocycles. The first-order chi connectivity index (χ1) is 9.08. The molecule has 1 amide bonds. The molecule has 0 aliphatic carbocycles. The van der Waals surface area contributed by atoms with E-state index in [1.165, 1.54) is 0 Å². The van der Waals surface area contributed by atoms with Crippen molar-refractivity contribution in [3.8, 4) is 0 Å². The van der Waals surface area contributed by atoms with E-state index in [2.05, 4.69) is 5.32 Å². The zero-order chi connectivity index (χ0) is 13.8. The number of hydrogen-bond donors (Lipinski definition) is 2. The molecule has 0 saturated carbocycles. The molecule has 0 radical (unpaired) electrons. The predicted octanol–water partition coefficient (Wildman–Crippen LogP) is 1.86. The molecule has 0 bridgehead atoms. The zero-order valence-electron chi connectivity index (χ0n) is 11.0. The molecule has 0 unspecified atom stereocenters. The third kappa shape index (κ3) is 3.07. The highest BCUT2D eigenvalue weighted by Gasteiger charge is 2.13. The molecule has 0 saturated heterocycles. The van der Waals surface area contributed by atoms with Crippen LogP contribution in [0.3, 0.4) is 0 Å². The second-order valence-corrected chi connectivity index (χ2v) is 4.43. The number of rotatable bonds is 4. The van der Waals surface area contributed by atoms with Crippen LogP contribution in [0.5, 0.6) is 0 Å². The molecular formula is C14H17N3O2. The van der Waals surface area contributed by atoms with Crippen LogP contribution in [0, 0.1) is 0 Å². The first-order valence-electron chi connectivity index (χ1n) is 5.95. The summed E-state index contributed by atoms with van der Waals surface area (Å²) in [6.07, 6.45) is 1.58. The van der Waals surface area contributed by atoms with Crippen molar-refractivity contribution in [2.75, 3.05) is 24.7 Å². The molecule has 100 valence electrons. The highest BCUT2D eigenvalue weighted by Crippen LogP contribution is 2.21. The number of furan rings is 1. The summed E-state index contributed by atoms with van der Waals surface area (Å²) in [5.41, 5.74) is 7.68. The van der Waals surface area contributed by atoms with Crippen molar-refractivity contribution in [1.29, 1.82) is 0 Å². The van der Waals surface area contributed by atoms with Crippen LogP contribution in [0.2, 0.25) is 0 Å². The van der Waals surface area contributed by atoms with Crippen molar-refractivity contribution < 1.29 is 9.21 Å².